The van der Waals surface area contributed by atoms with Gasteiger partial charge in [-0.15, -0.1) is 0 Å². The van der Waals surface area contributed by atoms with E-state index in [0.29, 0.717) is 0 Å². The van der Waals surface area contributed by atoms with Gasteiger partial charge >= 0.3 is 5.97 Å². The number of nitrogens with one attached hydrogen (secondary N) is 1. The Morgan fingerprint density at radius 1 is 1.19 bits per heavy atom. The smallest absolute Gasteiger partial charge is 0.354 e. The number of amides is 1. The number of hydrogen-bond donors (Lipinski definition) is 3. The predicted molar refractivity (Wildman–Crippen MR) is 73.8 cm³/mol. The van der Waals surface area contributed by atoms with Gasteiger partial charge in [-0.1, -0.05) is 12.1 Å². The highest BCUT2D eigenvalue weighted by Gasteiger charge is 2.15. The fourth-order valence-corrected chi connectivity index (χ4v) is 1.68. The van der Waals surface area contributed by atoms with Crippen LogP contribution in [0.15, 0.2) is 36.4 Å². The van der Waals surface area contributed by atoms with Gasteiger partial charge in [-0.25, -0.2) is 9.78 Å². The van der Waals surface area contributed by atoms with Crippen molar-refractivity contribution in [1.82, 2.24) is 4.98 Å². The minimum Gasteiger partial charge on any atom is -0.504 e. The van der Waals surface area contributed by atoms with E-state index in [1.165, 1.54) is 37.4 Å². The van der Waals surface area contributed by atoms with Gasteiger partial charge in [0, 0.05) is 0 Å². The summed E-state index contributed by atoms with van der Waals surface area (Å²) in [6.07, 6.45) is 0. The largest absolute Gasteiger partial charge is 0.504 e. The molecule has 1 heterocycles. The maximum Gasteiger partial charge on any atom is 0.354 e. The monoisotopic (exact) mass is 288 g/mol. The number of ether oxygens (including phenoxy) is 1. The number of aromatic nitrogens is 1. The molecule has 1 amide bonds. The molecule has 0 unspecified atom stereocenters. The first-order chi connectivity index (χ1) is 10.0. The van der Waals surface area contributed by atoms with Gasteiger partial charge in [0.25, 0.3) is 5.91 Å². The summed E-state index contributed by atoms with van der Waals surface area (Å²) in [4.78, 5) is 26.7. The number of carboxylic acids is 1. The fourth-order valence-electron chi connectivity index (χ4n) is 1.68. The van der Waals surface area contributed by atoms with E-state index in [1.807, 2.05) is 0 Å². The zero-order valence-corrected chi connectivity index (χ0v) is 11.0. The summed E-state index contributed by atoms with van der Waals surface area (Å²) in [6, 6.07) is 8.68. The summed E-state index contributed by atoms with van der Waals surface area (Å²) < 4.78 is 4.91. The summed E-state index contributed by atoms with van der Waals surface area (Å²) in [7, 11) is 1.37. The lowest BCUT2D eigenvalue weighted by Gasteiger charge is -2.09. The Bertz CT molecular complexity index is 700. The Labute approximate surface area is 119 Å². The number of hydrogen-bond acceptors (Lipinski definition) is 5. The Hall–Kier alpha value is -3.09. The highest BCUT2D eigenvalue weighted by Crippen LogP contribution is 2.29. The predicted octanol–water partition coefficient (Wildman–Crippen LogP) is 1.75. The number of para-hydroxylation sites is 1. The van der Waals surface area contributed by atoms with Crippen LogP contribution in [0.1, 0.15) is 20.8 Å². The molecule has 0 saturated heterocycles. The van der Waals surface area contributed by atoms with Gasteiger partial charge < -0.3 is 20.3 Å². The molecular formula is C14H12N2O5. The zero-order valence-electron chi connectivity index (χ0n) is 11.0. The van der Waals surface area contributed by atoms with Gasteiger partial charge in [0.2, 0.25) is 0 Å². The molecule has 7 heteroatoms. The lowest BCUT2D eigenvalue weighted by molar-refractivity contribution is 0.0690. The van der Waals surface area contributed by atoms with Crippen molar-refractivity contribution in [2.45, 2.75) is 0 Å². The van der Waals surface area contributed by atoms with Gasteiger partial charge in [-0.2, -0.15) is 0 Å². The highest BCUT2D eigenvalue weighted by atomic mass is 16.5. The van der Waals surface area contributed by atoms with Gasteiger partial charge in [0.05, 0.1) is 12.7 Å². The van der Waals surface area contributed by atoms with Crippen molar-refractivity contribution in [2.24, 2.45) is 0 Å². The second kappa shape index (κ2) is 5.91. The Morgan fingerprint density at radius 3 is 2.57 bits per heavy atom. The third-order valence-corrected chi connectivity index (χ3v) is 2.67. The average molecular weight is 288 g/mol. The Balaban J connectivity index is 2.26. The van der Waals surface area contributed by atoms with Gasteiger partial charge in [0.1, 0.15) is 5.82 Å². The molecule has 0 aliphatic carbocycles. The summed E-state index contributed by atoms with van der Waals surface area (Å²) in [5.74, 6) is -1.89. The number of aromatic carboxylic acids is 1. The molecule has 0 atom stereocenters. The highest BCUT2D eigenvalue weighted by molar-refractivity contribution is 6.06. The van der Waals surface area contributed by atoms with Crippen LogP contribution in [0.3, 0.4) is 0 Å². The second-order valence-electron chi connectivity index (χ2n) is 4.02. The second-order valence-corrected chi connectivity index (χ2v) is 4.02. The van der Waals surface area contributed by atoms with E-state index < -0.39 is 11.9 Å². The molecule has 2 aromatic rings. The lowest BCUT2D eigenvalue weighted by atomic mass is 10.1. The number of nitrogens with zero attached hydrogens (tertiary/aromatic N) is 1. The Kier molecular flexibility index (Phi) is 4.03. The number of phenolic OH excluding ortho intramolecular Hbond substituents is 1. The van der Waals surface area contributed by atoms with E-state index in [4.69, 9.17) is 9.84 Å². The third kappa shape index (κ3) is 3.08. The summed E-state index contributed by atoms with van der Waals surface area (Å²) in [6.45, 7) is 0. The number of carboxylic acid groups (broad SMARTS) is 1. The van der Waals surface area contributed by atoms with Crippen LogP contribution in [0, 0.1) is 0 Å². The van der Waals surface area contributed by atoms with Crippen molar-refractivity contribution in [2.75, 3.05) is 12.4 Å². The number of pyridine rings is 1. The van der Waals surface area contributed by atoms with Crippen LogP contribution in [0.4, 0.5) is 5.82 Å². The number of carbonyl (C=O) groups excluding carboxylic acids is 1. The molecule has 0 aliphatic rings. The molecule has 0 spiro atoms. The van der Waals surface area contributed by atoms with Crippen molar-refractivity contribution in [3.63, 3.8) is 0 Å². The van der Waals surface area contributed by atoms with Crippen molar-refractivity contribution in [3.8, 4) is 11.5 Å². The van der Waals surface area contributed by atoms with Crippen molar-refractivity contribution >= 4 is 17.7 Å². The molecule has 1 aromatic heterocycles. The number of phenols is 1. The molecule has 0 aliphatic heterocycles. The maximum absolute atomic E-state index is 12.1. The molecule has 7 nitrogen and oxygen atoms in total. The normalized spacial score (nSPS) is 9.95. The first kappa shape index (κ1) is 14.3. The molecule has 0 saturated carbocycles. The molecule has 108 valence electrons. The molecule has 0 radical (unpaired) electrons. The summed E-state index contributed by atoms with van der Waals surface area (Å²) >= 11 is 0. The standard InChI is InChI=1S/C14H12N2O5/c1-21-10-6-2-4-8(12(10)17)13(18)16-11-7-3-5-9(15-11)14(19)20/h2-7,17H,1H3,(H,19,20)(H,15,16,18). The number of anilines is 1. The van der Waals surface area contributed by atoms with E-state index in [1.54, 1.807) is 6.07 Å². The van der Waals surface area contributed by atoms with Crippen LogP contribution in [-0.4, -0.2) is 34.2 Å². The summed E-state index contributed by atoms with van der Waals surface area (Å²) in [5.41, 5.74) is -0.195. The molecule has 0 bridgehead atoms. The lowest BCUT2D eigenvalue weighted by Crippen LogP contribution is -2.14. The number of benzene rings is 1. The average Bonchev–Trinajstić information content (AvgIpc) is 2.47. The minimum atomic E-state index is -1.20. The van der Waals surface area contributed by atoms with Crippen LogP contribution in [-0.2, 0) is 0 Å². The third-order valence-electron chi connectivity index (χ3n) is 2.67. The number of rotatable bonds is 4. The molecule has 0 fully saturated rings. The number of carbonyl (C=O) groups is 2. The SMILES string of the molecule is COc1cccc(C(=O)Nc2cccc(C(=O)O)n2)c1O. The molecule has 1 aromatic carbocycles. The van der Waals surface area contributed by atoms with E-state index in [0.717, 1.165) is 0 Å². The summed E-state index contributed by atoms with van der Waals surface area (Å²) in [5, 5.41) is 21.1. The van der Waals surface area contributed by atoms with Crippen molar-refractivity contribution in [1.29, 1.82) is 0 Å². The first-order valence-electron chi connectivity index (χ1n) is 5.90. The number of aromatic hydroxyl groups is 1. The van der Waals surface area contributed by atoms with E-state index >= 15 is 0 Å². The number of methoxy groups -OCH3 is 1. The minimum absolute atomic E-state index is 0.00289. The molecule has 2 rings (SSSR count). The van der Waals surface area contributed by atoms with E-state index in [-0.39, 0.29) is 28.6 Å². The van der Waals surface area contributed by atoms with Crippen LogP contribution >= 0.6 is 0 Å². The van der Waals surface area contributed by atoms with Crippen LogP contribution in [0.5, 0.6) is 11.5 Å². The quantitative estimate of drug-likeness (QED) is 0.790. The first-order valence-corrected chi connectivity index (χ1v) is 5.90. The fraction of sp³-hybridized carbons (Fsp3) is 0.0714. The van der Waals surface area contributed by atoms with Gasteiger partial charge in [0.15, 0.2) is 17.2 Å². The van der Waals surface area contributed by atoms with Crippen LogP contribution in [0.2, 0.25) is 0 Å². The molecule has 21 heavy (non-hydrogen) atoms. The maximum atomic E-state index is 12.1. The van der Waals surface area contributed by atoms with Crippen molar-refractivity contribution < 1.29 is 24.5 Å². The van der Waals surface area contributed by atoms with E-state index in [9.17, 15) is 14.7 Å². The van der Waals surface area contributed by atoms with Crippen molar-refractivity contribution in [3.05, 3.63) is 47.7 Å². The topological polar surface area (TPSA) is 109 Å². The molecular weight excluding hydrogens is 276 g/mol. The van der Waals surface area contributed by atoms with Crippen LogP contribution < -0.4 is 10.1 Å². The molecule has 3 N–H and O–H groups in total. The van der Waals surface area contributed by atoms with Gasteiger partial charge in [-0.05, 0) is 24.3 Å². The zero-order chi connectivity index (χ0) is 15.4. The van der Waals surface area contributed by atoms with E-state index in [2.05, 4.69) is 10.3 Å². The van der Waals surface area contributed by atoms with Crippen LogP contribution in [0.25, 0.3) is 0 Å². The van der Waals surface area contributed by atoms with Gasteiger partial charge in [-0.3, -0.25) is 4.79 Å². The Morgan fingerprint density at radius 2 is 1.90 bits per heavy atom.